The normalized spacial score (nSPS) is 14.6. The van der Waals surface area contributed by atoms with Crippen LogP contribution in [-0.2, 0) is 14.1 Å². The Morgan fingerprint density at radius 2 is 1.69 bits per heavy atom. The number of amides is 1. The van der Waals surface area contributed by atoms with E-state index in [1.807, 2.05) is 4.90 Å². The molecule has 0 bridgehead atoms. The lowest BCUT2D eigenvalue weighted by Gasteiger charge is -2.36. The molecule has 1 aliphatic rings. The molecule has 1 aliphatic heterocycles. The average Bonchev–Trinajstić information content (AvgIpc) is 2.65. The highest BCUT2D eigenvalue weighted by atomic mass is 19.1. The van der Waals surface area contributed by atoms with Crippen molar-refractivity contribution >= 4 is 11.6 Å². The van der Waals surface area contributed by atoms with E-state index >= 15 is 0 Å². The molecule has 0 radical (unpaired) electrons. The van der Waals surface area contributed by atoms with Crippen LogP contribution in [0, 0.1) is 12.7 Å². The largest absolute Gasteiger partial charge is 0.362 e. The molecule has 1 fully saturated rings. The molecular formula is C18H21FN4O3. The third-order valence-electron chi connectivity index (χ3n) is 4.88. The number of carbonyl (C=O) groups excluding carboxylic acids is 1. The van der Waals surface area contributed by atoms with Gasteiger partial charge < -0.3 is 9.80 Å². The molecule has 7 nitrogen and oxygen atoms in total. The summed E-state index contributed by atoms with van der Waals surface area (Å²) < 4.78 is 15.9. The summed E-state index contributed by atoms with van der Waals surface area (Å²) in [7, 11) is 3.08. The van der Waals surface area contributed by atoms with E-state index in [0.717, 1.165) is 4.57 Å². The van der Waals surface area contributed by atoms with Crippen molar-refractivity contribution in [3.05, 3.63) is 62.2 Å². The Bertz CT molecular complexity index is 971. The summed E-state index contributed by atoms with van der Waals surface area (Å²) in [6, 6.07) is 5.62. The zero-order chi connectivity index (χ0) is 19.0. The number of rotatable bonds is 2. The number of nitrogens with zero attached hydrogens (tertiary/aromatic N) is 4. The first kappa shape index (κ1) is 17.9. The van der Waals surface area contributed by atoms with Gasteiger partial charge >= 0.3 is 5.69 Å². The number of carbonyl (C=O) groups is 1. The molecule has 8 heteroatoms. The first-order valence-corrected chi connectivity index (χ1v) is 8.37. The highest BCUT2D eigenvalue weighted by molar-refractivity contribution is 5.94. The van der Waals surface area contributed by atoms with Gasteiger partial charge in [0.15, 0.2) is 0 Å². The monoisotopic (exact) mass is 360 g/mol. The summed E-state index contributed by atoms with van der Waals surface area (Å²) in [5, 5.41) is 0. The second-order valence-corrected chi connectivity index (χ2v) is 6.43. The number of aromatic nitrogens is 2. The summed E-state index contributed by atoms with van der Waals surface area (Å²) in [6.45, 7) is 3.51. The summed E-state index contributed by atoms with van der Waals surface area (Å²) in [5.74, 6) is -0.673. The molecule has 1 aromatic carbocycles. The fourth-order valence-corrected chi connectivity index (χ4v) is 3.23. The lowest BCUT2D eigenvalue weighted by molar-refractivity contribution is 0.0746. The van der Waals surface area contributed by atoms with Crippen LogP contribution < -0.4 is 16.1 Å². The van der Waals surface area contributed by atoms with E-state index in [2.05, 4.69) is 0 Å². The van der Waals surface area contributed by atoms with Gasteiger partial charge in [-0.15, -0.1) is 0 Å². The molecule has 0 N–H and O–H groups in total. The Labute approximate surface area is 149 Å². The van der Waals surface area contributed by atoms with Gasteiger partial charge in [0.2, 0.25) is 0 Å². The predicted molar refractivity (Wildman–Crippen MR) is 96.2 cm³/mol. The summed E-state index contributed by atoms with van der Waals surface area (Å²) in [5.41, 5.74) is 0.690. The van der Waals surface area contributed by atoms with Crippen molar-refractivity contribution in [2.24, 2.45) is 14.1 Å². The molecule has 3 rings (SSSR count). The van der Waals surface area contributed by atoms with Gasteiger partial charge in [-0.3, -0.25) is 18.7 Å². The fraction of sp³-hybridized carbons (Fsp3) is 0.389. The van der Waals surface area contributed by atoms with Crippen molar-refractivity contribution in [2.75, 3.05) is 31.1 Å². The van der Waals surface area contributed by atoms with Crippen molar-refractivity contribution in [3.8, 4) is 0 Å². The van der Waals surface area contributed by atoms with Gasteiger partial charge in [0.05, 0.1) is 0 Å². The Balaban J connectivity index is 1.81. The maximum Gasteiger partial charge on any atom is 0.330 e. The van der Waals surface area contributed by atoms with Crippen molar-refractivity contribution in [3.63, 3.8) is 0 Å². The maximum absolute atomic E-state index is 13.3. The minimum Gasteiger partial charge on any atom is -0.362 e. The molecule has 0 saturated carbocycles. The van der Waals surface area contributed by atoms with E-state index in [0.29, 0.717) is 43.1 Å². The maximum atomic E-state index is 13.3. The smallest absolute Gasteiger partial charge is 0.330 e. The van der Waals surface area contributed by atoms with Gasteiger partial charge in [0.1, 0.15) is 11.5 Å². The molecule has 1 saturated heterocycles. The molecule has 2 aromatic rings. The predicted octanol–water partition coefficient (Wildman–Crippen LogP) is 0.494. The molecular weight excluding hydrogens is 339 g/mol. The first-order valence-electron chi connectivity index (χ1n) is 8.37. The van der Waals surface area contributed by atoms with Crippen LogP contribution in [0.25, 0.3) is 0 Å². The summed E-state index contributed by atoms with van der Waals surface area (Å²) in [6.07, 6.45) is 0. The number of halogens is 1. The van der Waals surface area contributed by atoms with Gasteiger partial charge in [0, 0.05) is 51.5 Å². The van der Waals surface area contributed by atoms with Gasteiger partial charge in [-0.1, -0.05) is 6.07 Å². The van der Waals surface area contributed by atoms with Crippen LogP contribution in [0.2, 0.25) is 0 Å². The highest BCUT2D eigenvalue weighted by Gasteiger charge is 2.26. The van der Waals surface area contributed by atoms with Gasteiger partial charge in [-0.2, -0.15) is 0 Å². The fourth-order valence-electron chi connectivity index (χ4n) is 3.23. The molecule has 1 aromatic heterocycles. The van der Waals surface area contributed by atoms with Crippen LogP contribution in [0.1, 0.15) is 16.1 Å². The Morgan fingerprint density at radius 3 is 2.31 bits per heavy atom. The van der Waals surface area contributed by atoms with Crippen LogP contribution in [0.4, 0.5) is 10.1 Å². The minimum atomic E-state index is -0.446. The van der Waals surface area contributed by atoms with Crippen LogP contribution in [0.3, 0.4) is 0 Å². The second-order valence-electron chi connectivity index (χ2n) is 6.43. The number of hydrogen-bond acceptors (Lipinski definition) is 4. The Hall–Kier alpha value is -2.90. The summed E-state index contributed by atoms with van der Waals surface area (Å²) >= 11 is 0. The summed E-state index contributed by atoms with van der Waals surface area (Å²) in [4.78, 5) is 40.6. The number of anilines is 1. The van der Waals surface area contributed by atoms with Crippen LogP contribution in [0.15, 0.2) is 33.9 Å². The van der Waals surface area contributed by atoms with Crippen LogP contribution in [0.5, 0.6) is 0 Å². The van der Waals surface area contributed by atoms with E-state index < -0.39 is 5.82 Å². The number of hydrogen-bond donors (Lipinski definition) is 0. The quantitative estimate of drug-likeness (QED) is 0.782. The molecule has 0 spiro atoms. The zero-order valence-corrected chi connectivity index (χ0v) is 15.0. The number of piperazine rings is 1. The van der Waals surface area contributed by atoms with Crippen molar-refractivity contribution in [1.82, 2.24) is 14.0 Å². The third kappa shape index (κ3) is 3.02. The molecule has 138 valence electrons. The first-order chi connectivity index (χ1) is 12.3. The standard InChI is InChI=1S/C18H21FN4O3/c1-12-15(17(25)21(3)18(26)20(12)2)22-7-9-23(10-8-22)16(24)13-5-4-6-14(19)11-13/h4-6,11H,7-10H2,1-3H3. The van der Waals surface area contributed by atoms with E-state index in [9.17, 15) is 18.8 Å². The van der Waals surface area contributed by atoms with E-state index in [1.165, 1.54) is 29.8 Å². The molecule has 1 amide bonds. The minimum absolute atomic E-state index is 0.228. The number of benzene rings is 1. The molecule has 0 unspecified atom stereocenters. The van der Waals surface area contributed by atoms with Crippen molar-refractivity contribution < 1.29 is 9.18 Å². The van der Waals surface area contributed by atoms with E-state index in [1.54, 1.807) is 24.9 Å². The SMILES string of the molecule is Cc1c(N2CCN(C(=O)c3cccc(F)c3)CC2)c(=O)n(C)c(=O)n1C. The van der Waals surface area contributed by atoms with Gasteiger partial charge in [-0.05, 0) is 25.1 Å². The van der Waals surface area contributed by atoms with Gasteiger partial charge in [0.25, 0.3) is 11.5 Å². The Kier molecular flexibility index (Phi) is 4.67. The highest BCUT2D eigenvalue weighted by Crippen LogP contribution is 2.17. The van der Waals surface area contributed by atoms with Crippen LogP contribution in [-0.4, -0.2) is 46.1 Å². The second kappa shape index (κ2) is 6.78. The molecule has 2 heterocycles. The van der Waals surface area contributed by atoms with Crippen molar-refractivity contribution in [1.29, 1.82) is 0 Å². The van der Waals surface area contributed by atoms with Crippen LogP contribution >= 0.6 is 0 Å². The topological polar surface area (TPSA) is 67.6 Å². The average molecular weight is 360 g/mol. The van der Waals surface area contributed by atoms with Gasteiger partial charge in [-0.25, -0.2) is 9.18 Å². The zero-order valence-electron chi connectivity index (χ0n) is 15.0. The lowest BCUT2D eigenvalue weighted by Crippen LogP contribution is -2.52. The van der Waals surface area contributed by atoms with E-state index in [-0.39, 0.29) is 17.2 Å². The molecule has 26 heavy (non-hydrogen) atoms. The van der Waals surface area contributed by atoms with E-state index in [4.69, 9.17) is 0 Å². The Morgan fingerprint density at radius 1 is 1.04 bits per heavy atom. The third-order valence-corrected chi connectivity index (χ3v) is 4.88. The van der Waals surface area contributed by atoms with Crippen molar-refractivity contribution in [2.45, 2.75) is 6.92 Å². The lowest BCUT2D eigenvalue weighted by atomic mass is 10.1. The molecule has 0 aliphatic carbocycles. The molecule has 0 atom stereocenters.